The summed E-state index contributed by atoms with van der Waals surface area (Å²) in [5.41, 5.74) is 5.77. The summed E-state index contributed by atoms with van der Waals surface area (Å²) in [4.78, 5) is 0.0706. The van der Waals surface area contributed by atoms with Gasteiger partial charge in [-0.15, -0.1) is 0 Å². The highest BCUT2D eigenvalue weighted by atomic mass is 32.2. The third-order valence-corrected chi connectivity index (χ3v) is 3.30. The number of thiocarbonyl (C=S) groups is 1. The second-order valence-corrected chi connectivity index (χ2v) is 5.42. The van der Waals surface area contributed by atoms with Crippen LogP contribution in [0.15, 0.2) is 6.20 Å². The fourth-order valence-corrected chi connectivity index (χ4v) is 2.13. The van der Waals surface area contributed by atoms with Crippen molar-refractivity contribution in [3.63, 3.8) is 0 Å². The van der Waals surface area contributed by atoms with E-state index in [0.717, 1.165) is 0 Å². The minimum Gasteiger partial charge on any atom is -0.389 e. The summed E-state index contributed by atoms with van der Waals surface area (Å²) in [6.07, 6.45) is 1.36. The highest BCUT2D eigenvalue weighted by molar-refractivity contribution is 7.92. The van der Waals surface area contributed by atoms with Crippen LogP contribution in [0.4, 0.5) is 5.82 Å². The Morgan fingerprint density at radius 1 is 1.71 bits per heavy atom. The normalized spacial score (nSPS) is 11.4. The average molecular weight is 278 g/mol. The molecule has 0 unspecified atom stereocenters. The maximum Gasteiger partial charge on any atom is 0.236 e. The van der Waals surface area contributed by atoms with Gasteiger partial charge in [-0.1, -0.05) is 12.2 Å². The van der Waals surface area contributed by atoms with Gasteiger partial charge in [0.25, 0.3) is 0 Å². The van der Waals surface area contributed by atoms with Crippen LogP contribution in [0, 0.1) is 0 Å². The lowest BCUT2D eigenvalue weighted by Crippen LogP contribution is -2.22. The molecule has 0 aliphatic rings. The zero-order chi connectivity index (χ0) is 12.9. The quantitative estimate of drug-likeness (QED) is 0.471. The fraction of sp³-hybridized carbons (Fsp3) is 0.500. The number of aromatic nitrogens is 2. The van der Waals surface area contributed by atoms with Crippen LogP contribution < -0.4 is 10.5 Å². The number of rotatable bonds is 7. The molecule has 0 fully saturated rings. The monoisotopic (exact) mass is 278 g/mol. The smallest absolute Gasteiger partial charge is 0.236 e. The Morgan fingerprint density at radius 3 is 3.00 bits per heavy atom. The largest absolute Gasteiger partial charge is 0.389 e. The Balaban J connectivity index is 2.69. The lowest BCUT2D eigenvalue weighted by atomic mass is 10.3. The molecule has 0 radical (unpaired) electrons. The van der Waals surface area contributed by atoms with E-state index in [0.29, 0.717) is 12.2 Å². The number of nitrogens with two attached hydrogens (primary N) is 1. The zero-order valence-corrected chi connectivity index (χ0v) is 10.9. The van der Waals surface area contributed by atoms with E-state index in [4.69, 9.17) is 22.7 Å². The molecule has 0 aliphatic heterocycles. The number of aromatic amines is 1. The first-order valence-electron chi connectivity index (χ1n) is 4.87. The van der Waals surface area contributed by atoms with Gasteiger partial charge in [0.1, 0.15) is 10.8 Å². The van der Waals surface area contributed by atoms with Crippen molar-refractivity contribution in [1.82, 2.24) is 10.2 Å². The third kappa shape index (κ3) is 4.29. The molecule has 0 spiro atoms. The molecule has 0 aromatic carbocycles. The first-order valence-corrected chi connectivity index (χ1v) is 6.93. The molecule has 9 heteroatoms. The van der Waals surface area contributed by atoms with Crippen molar-refractivity contribution in [2.75, 3.05) is 23.7 Å². The summed E-state index contributed by atoms with van der Waals surface area (Å²) in [6, 6.07) is 0. The molecule has 7 nitrogen and oxygen atoms in total. The van der Waals surface area contributed by atoms with Crippen LogP contribution in [0.3, 0.4) is 0 Å². The van der Waals surface area contributed by atoms with E-state index < -0.39 is 10.0 Å². The second-order valence-electron chi connectivity index (χ2n) is 3.14. The van der Waals surface area contributed by atoms with Gasteiger partial charge < -0.3 is 10.5 Å². The Hall–Kier alpha value is -1.19. The van der Waals surface area contributed by atoms with E-state index in [2.05, 4.69) is 14.9 Å². The van der Waals surface area contributed by atoms with Crippen molar-refractivity contribution >= 4 is 33.0 Å². The number of ether oxygens (including phenoxy) is 1. The molecular weight excluding hydrogens is 264 g/mol. The molecule has 1 aromatic heterocycles. The molecule has 4 N–H and O–H groups in total. The van der Waals surface area contributed by atoms with Gasteiger partial charge in [0.15, 0.2) is 0 Å². The van der Waals surface area contributed by atoms with Gasteiger partial charge in [-0.05, 0) is 6.92 Å². The second kappa shape index (κ2) is 5.94. The fourth-order valence-electron chi connectivity index (χ4n) is 1.07. The van der Waals surface area contributed by atoms with E-state index in [1.807, 2.05) is 0 Å². The molecule has 0 saturated carbocycles. The lowest BCUT2D eigenvalue weighted by Gasteiger charge is -2.07. The van der Waals surface area contributed by atoms with Crippen molar-refractivity contribution in [3.05, 3.63) is 11.8 Å². The molecule has 17 heavy (non-hydrogen) atoms. The van der Waals surface area contributed by atoms with Crippen molar-refractivity contribution < 1.29 is 13.2 Å². The molecule has 1 heterocycles. The van der Waals surface area contributed by atoms with E-state index in [1.165, 1.54) is 6.20 Å². The maximum atomic E-state index is 11.6. The molecule has 0 bridgehead atoms. The minimum absolute atomic E-state index is 0.0706. The Bertz CT molecular complexity index is 483. The van der Waals surface area contributed by atoms with Gasteiger partial charge in [-0.3, -0.25) is 9.82 Å². The lowest BCUT2D eigenvalue weighted by molar-refractivity contribution is 0.163. The number of nitrogens with zero attached hydrogens (tertiary/aromatic N) is 1. The number of hydrogen-bond acceptors (Lipinski definition) is 5. The third-order valence-electron chi connectivity index (χ3n) is 1.86. The molecule has 1 rings (SSSR count). The van der Waals surface area contributed by atoms with Gasteiger partial charge in [-0.25, -0.2) is 8.42 Å². The van der Waals surface area contributed by atoms with E-state index in [1.54, 1.807) is 6.92 Å². The van der Waals surface area contributed by atoms with E-state index in [9.17, 15) is 8.42 Å². The van der Waals surface area contributed by atoms with Crippen molar-refractivity contribution in [1.29, 1.82) is 0 Å². The number of hydrogen-bond donors (Lipinski definition) is 3. The summed E-state index contributed by atoms with van der Waals surface area (Å²) in [5, 5.41) is 6.16. The summed E-state index contributed by atoms with van der Waals surface area (Å²) < 4.78 is 30.5. The predicted molar refractivity (Wildman–Crippen MR) is 68.4 cm³/mol. The maximum absolute atomic E-state index is 11.6. The molecule has 0 amide bonds. The summed E-state index contributed by atoms with van der Waals surface area (Å²) in [6.45, 7) is 2.39. The first-order chi connectivity index (χ1) is 7.96. The standard InChI is InChI=1S/C8H14N4O3S2/c1-2-15-3-4-17(13,14)12-8-6(7(9)16)5-10-11-8/h5H,2-4H2,1H3,(H2,9,16)(H2,10,11,12). The van der Waals surface area contributed by atoms with Crippen LogP contribution >= 0.6 is 12.2 Å². The van der Waals surface area contributed by atoms with Gasteiger partial charge in [0, 0.05) is 6.61 Å². The van der Waals surface area contributed by atoms with Crippen LogP contribution in [0.1, 0.15) is 12.5 Å². The molecule has 1 aromatic rings. The van der Waals surface area contributed by atoms with Crippen LogP contribution in [-0.4, -0.2) is 42.6 Å². The van der Waals surface area contributed by atoms with Gasteiger partial charge >= 0.3 is 0 Å². The SMILES string of the molecule is CCOCCS(=O)(=O)Nc1[nH]ncc1C(N)=S. The number of nitrogens with one attached hydrogen (secondary N) is 2. The zero-order valence-electron chi connectivity index (χ0n) is 9.26. The first kappa shape index (κ1) is 13.9. The Kier molecular flexibility index (Phi) is 4.85. The van der Waals surface area contributed by atoms with Gasteiger partial charge in [0.2, 0.25) is 10.0 Å². The molecular formula is C8H14N4O3S2. The van der Waals surface area contributed by atoms with Crippen LogP contribution in [0.25, 0.3) is 0 Å². The predicted octanol–water partition coefficient (Wildman–Crippen LogP) is -0.178. The van der Waals surface area contributed by atoms with Crippen LogP contribution in [0.5, 0.6) is 0 Å². The van der Waals surface area contributed by atoms with Gasteiger partial charge in [0.05, 0.1) is 24.1 Å². The van der Waals surface area contributed by atoms with E-state index in [-0.39, 0.29) is 23.2 Å². The number of H-pyrrole nitrogens is 1. The van der Waals surface area contributed by atoms with Crippen molar-refractivity contribution in [2.24, 2.45) is 5.73 Å². The highest BCUT2D eigenvalue weighted by Crippen LogP contribution is 2.12. The number of sulfonamides is 1. The Labute approximate surface area is 105 Å². The van der Waals surface area contributed by atoms with Crippen LogP contribution in [0.2, 0.25) is 0 Å². The summed E-state index contributed by atoms with van der Waals surface area (Å²) >= 11 is 4.76. The summed E-state index contributed by atoms with van der Waals surface area (Å²) in [7, 11) is -3.49. The van der Waals surface area contributed by atoms with E-state index >= 15 is 0 Å². The average Bonchev–Trinajstić information content (AvgIpc) is 2.65. The molecule has 0 saturated heterocycles. The molecule has 96 valence electrons. The highest BCUT2D eigenvalue weighted by Gasteiger charge is 2.15. The van der Waals surface area contributed by atoms with Crippen molar-refractivity contribution in [3.8, 4) is 0 Å². The summed E-state index contributed by atoms with van der Waals surface area (Å²) in [5.74, 6) is 0.0328. The van der Waals surface area contributed by atoms with Crippen molar-refractivity contribution in [2.45, 2.75) is 6.92 Å². The number of anilines is 1. The topological polar surface area (TPSA) is 110 Å². The van der Waals surface area contributed by atoms with Crippen LogP contribution in [-0.2, 0) is 14.8 Å². The minimum atomic E-state index is -3.49. The molecule has 0 atom stereocenters. The van der Waals surface area contributed by atoms with Gasteiger partial charge in [-0.2, -0.15) is 5.10 Å². The Morgan fingerprint density at radius 2 is 2.41 bits per heavy atom. The molecule has 0 aliphatic carbocycles.